The molecule has 0 spiro atoms. The number of methoxy groups -OCH3 is 1. The van der Waals surface area contributed by atoms with Crippen molar-refractivity contribution in [3.63, 3.8) is 0 Å². The Kier molecular flexibility index (Phi) is 5.50. The average molecular weight is 440 g/mol. The Balaban J connectivity index is 1.86. The van der Waals surface area contributed by atoms with Crippen LogP contribution in [0.4, 0.5) is 10.1 Å². The van der Waals surface area contributed by atoms with Gasteiger partial charge in [0.15, 0.2) is 0 Å². The number of carboxylic acids is 1. The summed E-state index contributed by atoms with van der Waals surface area (Å²) in [7, 11) is 1.52. The summed E-state index contributed by atoms with van der Waals surface area (Å²) in [5, 5.41) is 13.5. The Hall–Kier alpha value is -3.26. The zero-order valence-corrected chi connectivity index (χ0v) is 18.0. The minimum absolute atomic E-state index is 0.0499. The number of hydrogen-bond acceptors (Lipinski definition) is 5. The zero-order valence-electron chi connectivity index (χ0n) is 18.0. The summed E-state index contributed by atoms with van der Waals surface area (Å²) in [6.07, 6.45) is 0.167. The van der Waals surface area contributed by atoms with Crippen molar-refractivity contribution in [2.24, 2.45) is 17.8 Å². The quantitative estimate of drug-likeness (QED) is 0.670. The first kappa shape index (κ1) is 22.0. The lowest BCUT2D eigenvalue weighted by Gasteiger charge is -2.32. The number of fused-ring (bicyclic) bond motifs is 1. The first-order valence-corrected chi connectivity index (χ1v) is 10.5. The Bertz CT molecular complexity index is 1070. The molecular weight excluding hydrogens is 415 g/mol. The van der Waals surface area contributed by atoms with Crippen molar-refractivity contribution in [2.75, 3.05) is 12.0 Å². The van der Waals surface area contributed by atoms with Crippen LogP contribution in [0.2, 0.25) is 0 Å². The summed E-state index contributed by atoms with van der Waals surface area (Å²) in [6, 6.07) is 11.4. The minimum Gasteiger partial charge on any atom is -0.497 e. The molecule has 7 nitrogen and oxygen atoms in total. The van der Waals surface area contributed by atoms with Crippen LogP contribution in [-0.4, -0.2) is 35.5 Å². The van der Waals surface area contributed by atoms with Crippen molar-refractivity contribution in [2.45, 2.75) is 31.8 Å². The van der Waals surface area contributed by atoms with E-state index in [0.717, 1.165) is 4.90 Å². The second kappa shape index (κ2) is 8.02. The van der Waals surface area contributed by atoms with Gasteiger partial charge in [-0.3, -0.25) is 19.7 Å². The van der Waals surface area contributed by atoms with Gasteiger partial charge in [-0.2, -0.15) is 0 Å². The molecule has 8 heteroatoms. The maximum Gasteiger partial charge on any atom is 0.324 e. The predicted molar refractivity (Wildman–Crippen MR) is 115 cm³/mol. The molecule has 0 aliphatic carbocycles. The molecule has 4 atom stereocenters. The first-order chi connectivity index (χ1) is 15.2. The van der Waals surface area contributed by atoms with Gasteiger partial charge in [0.1, 0.15) is 17.1 Å². The highest BCUT2D eigenvalue weighted by molar-refractivity contribution is 6.24. The van der Waals surface area contributed by atoms with Gasteiger partial charge in [0, 0.05) is 6.04 Å². The number of carbonyl (C=O) groups is 3. The lowest BCUT2D eigenvalue weighted by molar-refractivity contribution is -0.149. The largest absolute Gasteiger partial charge is 0.497 e. The van der Waals surface area contributed by atoms with E-state index in [4.69, 9.17) is 4.74 Å². The maximum absolute atomic E-state index is 13.6. The number of ether oxygens (including phenoxy) is 1. The molecule has 2 fully saturated rings. The number of amides is 2. The molecule has 168 valence electrons. The lowest BCUT2D eigenvalue weighted by Crippen LogP contribution is -2.56. The molecular formula is C24H25FN2O5. The molecule has 2 aromatic rings. The number of nitrogens with one attached hydrogen (secondary N) is 1. The molecule has 2 aliphatic heterocycles. The first-order valence-electron chi connectivity index (χ1n) is 10.5. The third-order valence-electron chi connectivity index (χ3n) is 6.30. The molecule has 4 rings (SSSR count). The van der Waals surface area contributed by atoms with Crippen LogP contribution in [0.15, 0.2) is 48.5 Å². The van der Waals surface area contributed by atoms with Crippen molar-refractivity contribution >= 4 is 23.5 Å². The summed E-state index contributed by atoms with van der Waals surface area (Å²) in [6.45, 7) is 3.75. The van der Waals surface area contributed by atoms with Crippen molar-refractivity contribution in [3.8, 4) is 5.75 Å². The molecule has 0 radical (unpaired) electrons. The van der Waals surface area contributed by atoms with Gasteiger partial charge in [-0.25, -0.2) is 9.29 Å². The van der Waals surface area contributed by atoms with Gasteiger partial charge in [-0.15, -0.1) is 0 Å². The standard InChI is InChI=1S/C24H25FN2O5/c1-13(2)12-24(23(30)31)19-18(20(26-24)14-5-4-6-17(11-14)32-3)21(28)27(22(19)29)16-9-7-15(25)8-10-16/h4-11,13,18-20,26H,12H2,1-3H3,(H,30,31)/t18-,19+,20-,24-/m0/s1. The van der Waals surface area contributed by atoms with Crippen molar-refractivity contribution in [1.29, 1.82) is 0 Å². The number of nitrogens with zero attached hydrogens (tertiary/aromatic N) is 1. The van der Waals surface area contributed by atoms with Crippen molar-refractivity contribution in [1.82, 2.24) is 5.32 Å². The Morgan fingerprint density at radius 2 is 1.88 bits per heavy atom. The third-order valence-corrected chi connectivity index (χ3v) is 6.30. The number of benzene rings is 2. The fourth-order valence-corrected chi connectivity index (χ4v) is 5.08. The number of imide groups is 1. The molecule has 2 N–H and O–H groups in total. The molecule has 2 aromatic carbocycles. The van der Waals surface area contributed by atoms with Crippen LogP contribution in [-0.2, 0) is 14.4 Å². The summed E-state index contributed by atoms with van der Waals surface area (Å²) in [5.74, 6) is -4.27. The summed E-state index contributed by atoms with van der Waals surface area (Å²) in [4.78, 5) is 40.8. The van der Waals surface area contributed by atoms with Gasteiger partial charge in [0.25, 0.3) is 0 Å². The molecule has 2 heterocycles. The molecule has 0 aromatic heterocycles. The van der Waals surface area contributed by atoms with Gasteiger partial charge in [-0.1, -0.05) is 26.0 Å². The Morgan fingerprint density at radius 1 is 1.19 bits per heavy atom. The highest BCUT2D eigenvalue weighted by atomic mass is 19.1. The Labute approximate surface area is 185 Å². The van der Waals surface area contributed by atoms with E-state index in [2.05, 4.69) is 5.32 Å². The van der Waals surface area contributed by atoms with E-state index in [1.807, 2.05) is 13.8 Å². The van der Waals surface area contributed by atoms with Crippen molar-refractivity contribution in [3.05, 3.63) is 59.9 Å². The summed E-state index contributed by atoms with van der Waals surface area (Å²) >= 11 is 0. The number of aliphatic carboxylic acids is 1. The molecule has 2 amide bonds. The van der Waals surface area contributed by atoms with Gasteiger partial charge in [-0.05, 0) is 54.3 Å². The highest BCUT2D eigenvalue weighted by Crippen LogP contribution is 2.52. The SMILES string of the molecule is COc1cccc([C@@H]2N[C@](CC(C)C)(C(=O)O)[C@H]3C(=O)N(c4ccc(F)cc4)C(=O)[C@H]23)c1. The van der Waals surface area contributed by atoms with Crippen LogP contribution >= 0.6 is 0 Å². The summed E-state index contributed by atoms with van der Waals surface area (Å²) in [5.41, 5.74) is -0.731. The van der Waals surface area contributed by atoms with E-state index in [-0.39, 0.29) is 18.0 Å². The van der Waals surface area contributed by atoms with E-state index in [0.29, 0.717) is 11.3 Å². The Morgan fingerprint density at radius 3 is 2.47 bits per heavy atom. The van der Waals surface area contributed by atoms with E-state index in [9.17, 15) is 23.9 Å². The minimum atomic E-state index is -1.62. The predicted octanol–water partition coefficient (Wildman–Crippen LogP) is 3.15. The average Bonchev–Trinajstić information content (AvgIpc) is 3.23. The van der Waals surface area contributed by atoms with Gasteiger partial charge in [0.05, 0.1) is 24.6 Å². The number of rotatable bonds is 6. The van der Waals surface area contributed by atoms with E-state index >= 15 is 0 Å². The van der Waals surface area contributed by atoms with Gasteiger partial charge >= 0.3 is 5.97 Å². The number of anilines is 1. The normalized spacial score (nSPS) is 27.2. The monoisotopic (exact) mass is 440 g/mol. The van der Waals surface area contributed by atoms with E-state index in [1.165, 1.54) is 31.4 Å². The topological polar surface area (TPSA) is 95.9 Å². The lowest BCUT2D eigenvalue weighted by atomic mass is 9.75. The number of carbonyl (C=O) groups excluding carboxylic acids is 2. The molecule has 0 bridgehead atoms. The zero-order chi connectivity index (χ0) is 23.2. The van der Waals surface area contributed by atoms with E-state index in [1.54, 1.807) is 24.3 Å². The van der Waals surface area contributed by atoms with Crippen LogP contribution in [0, 0.1) is 23.6 Å². The van der Waals surface area contributed by atoms with Crippen LogP contribution in [0.3, 0.4) is 0 Å². The second-order valence-corrected chi connectivity index (χ2v) is 8.76. The highest BCUT2D eigenvalue weighted by Gasteiger charge is 2.68. The molecule has 0 unspecified atom stereocenters. The summed E-state index contributed by atoms with van der Waals surface area (Å²) < 4.78 is 18.7. The smallest absolute Gasteiger partial charge is 0.324 e. The van der Waals surface area contributed by atoms with Gasteiger partial charge < -0.3 is 9.84 Å². The van der Waals surface area contributed by atoms with Crippen LogP contribution < -0.4 is 15.0 Å². The fourth-order valence-electron chi connectivity index (χ4n) is 5.08. The van der Waals surface area contributed by atoms with Crippen LogP contribution in [0.25, 0.3) is 0 Å². The van der Waals surface area contributed by atoms with Crippen LogP contribution in [0.1, 0.15) is 31.9 Å². The molecule has 0 saturated carbocycles. The molecule has 2 saturated heterocycles. The van der Waals surface area contributed by atoms with Gasteiger partial charge in [0.2, 0.25) is 11.8 Å². The second-order valence-electron chi connectivity index (χ2n) is 8.76. The molecule has 2 aliphatic rings. The third kappa shape index (κ3) is 3.35. The number of carboxylic acid groups (broad SMARTS) is 1. The maximum atomic E-state index is 13.6. The molecule has 32 heavy (non-hydrogen) atoms. The van der Waals surface area contributed by atoms with Crippen molar-refractivity contribution < 1.29 is 28.6 Å². The number of hydrogen-bond donors (Lipinski definition) is 2. The fraction of sp³-hybridized carbons (Fsp3) is 0.375. The van der Waals surface area contributed by atoms with E-state index < -0.39 is 47.0 Å². The number of halogens is 1. The van der Waals surface area contributed by atoms with Crippen LogP contribution in [0.5, 0.6) is 5.75 Å².